The van der Waals surface area contributed by atoms with Gasteiger partial charge in [-0.3, -0.25) is 15.2 Å². The largest absolute Gasteiger partial charge is 0.463 e. The number of rotatable bonds is 11. The second-order valence-electron chi connectivity index (χ2n) is 9.85. The van der Waals surface area contributed by atoms with Crippen molar-refractivity contribution in [2.45, 2.75) is 26.5 Å². The fourth-order valence-electron chi connectivity index (χ4n) is 3.91. The minimum atomic E-state index is -1.59. The standard InChI is InChI=1S/C29H28Cl2FN5O5/c1-17(2)16-42-28(40)25(38)15-36(14-18-6-8-19(9-7-18)23-13-21(31)10-11-24(23)32)35-27(39)26-33-29(41)37(34-26)22-5-3-4-20(30)12-22/h3-13,17,25,38H,14-16H2,1-2H3,(H,35,39)(H,33,34,41). The van der Waals surface area contributed by atoms with Crippen LogP contribution < -0.4 is 11.1 Å². The molecule has 1 amide bonds. The summed E-state index contributed by atoms with van der Waals surface area (Å²) in [6, 6.07) is 17.4. The maximum atomic E-state index is 14.3. The molecule has 220 valence electrons. The Hall–Kier alpha value is -4.03. The van der Waals surface area contributed by atoms with Crippen molar-refractivity contribution in [2.24, 2.45) is 5.92 Å². The lowest BCUT2D eigenvalue weighted by Gasteiger charge is -2.25. The van der Waals surface area contributed by atoms with Crippen LogP contribution in [0.25, 0.3) is 16.8 Å². The summed E-state index contributed by atoms with van der Waals surface area (Å²) in [7, 11) is 0. The minimum Gasteiger partial charge on any atom is -0.463 e. The van der Waals surface area contributed by atoms with Crippen molar-refractivity contribution in [2.75, 3.05) is 13.2 Å². The molecule has 4 rings (SSSR count). The minimum absolute atomic E-state index is 0.0256. The van der Waals surface area contributed by atoms with Crippen molar-refractivity contribution in [3.63, 3.8) is 0 Å². The molecule has 10 nitrogen and oxygen atoms in total. The molecule has 1 aromatic heterocycles. The highest BCUT2D eigenvalue weighted by atomic mass is 35.5. The zero-order valence-corrected chi connectivity index (χ0v) is 24.2. The molecule has 0 aliphatic carbocycles. The Bertz CT molecular complexity index is 1620. The van der Waals surface area contributed by atoms with Crippen molar-refractivity contribution in [3.05, 3.63) is 104 Å². The monoisotopic (exact) mass is 615 g/mol. The number of hydrogen-bond acceptors (Lipinski definition) is 7. The van der Waals surface area contributed by atoms with E-state index in [2.05, 4.69) is 15.5 Å². The Labute approximate surface area is 250 Å². The molecular weight excluding hydrogens is 588 g/mol. The highest BCUT2D eigenvalue weighted by Gasteiger charge is 2.24. The van der Waals surface area contributed by atoms with Crippen molar-refractivity contribution < 1.29 is 23.8 Å². The van der Waals surface area contributed by atoms with Gasteiger partial charge >= 0.3 is 17.6 Å². The molecule has 0 bridgehead atoms. The van der Waals surface area contributed by atoms with Gasteiger partial charge in [-0.15, -0.1) is 5.10 Å². The highest BCUT2D eigenvalue weighted by Crippen LogP contribution is 2.26. The summed E-state index contributed by atoms with van der Waals surface area (Å²) in [6.45, 7) is 3.51. The predicted octanol–water partition coefficient (Wildman–Crippen LogP) is 4.38. The van der Waals surface area contributed by atoms with Gasteiger partial charge in [-0.1, -0.05) is 67.4 Å². The molecule has 0 radical (unpaired) electrons. The van der Waals surface area contributed by atoms with E-state index < -0.39 is 29.5 Å². The molecule has 0 aliphatic rings. The summed E-state index contributed by atoms with van der Waals surface area (Å²) in [5.41, 5.74) is 3.81. The fourth-order valence-corrected chi connectivity index (χ4v) is 4.27. The molecule has 1 heterocycles. The first-order valence-electron chi connectivity index (χ1n) is 12.9. The Morgan fingerprint density at radius 3 is 2.50 bits per heavy atom. The summed E-state index contributed by atoms with van der Waals surface area (Å²) in [4.78, 5) is 40.3. The average molecular weight is 616 g/mol. The number of carbonyl (C=O) groups is 2. The van der Waals surface area contributed by atoms with Gasteiger partial charge in [0, 0.05) is 22.2 Å². The number of nitrogens with one attached hydrogen (secondary N) is 2. The second kappa shape index (κ2) is 13.8. The number of aliphatic hydroxyl groups is 1. The van der Waals surface area contributed by atoms with Gasteiger partial charge in [0.2, 0.25) is 5.82 Å². The lowest BCUT2D eigenvalue weighted by molar-refractivity contribution is -0.156. The average Bonchev–Trinajstić information content (AvgIpc) is 3.35. The van der Waals surface area contributed by atoms with Gasteiger partial charge in [0.25, 0.3) is 0 Å². The molecule has 42 heavy (non-hydrogen) atoms. The van der Waals surface area contributed by atoms with Gasteiger partial charge in [0.05, 0.1) is 18.8 Å². The van der Waals surface area contributed by atoms with Crippen molar-refractivity contribution >= 4 is 35.1 Å². The molecule has 0 fully saturated rings. The number of ether oxygens (including phenoxy) is 1. The number of H-pyrrole nitrogens is 1. The first kappa shape index (κ1) is 30.9. The Morgan fingerprint density at radius 2 is 1.81 bits per heavy atom. The number of aliphatic hydroxyl groups excluding tert-OH is 1. The topological polar surface area (TPSA) is 130 Å². The molecule has 1 unspecified atom stereocenters. The third kappa shape index (κ3) is 8.04. The molecule has 0 saturated carbocycles. The molecular formula is C29H28Cl2FN5O5. The van der Waals surface area contributed by atoms with Crippen LogP contribution in [0.15, 0.2) is 71.5 Å². The highest BCUT2D eigenvalue weighted by molar-refractivity contribution is 6.31. The van der Waals surface area contributed by atoms with E-state index in [1.54, 1.807) is 42.5 Å². The van der Waals surface area contributed by atoms with E-state index in [9.17, 15) is 23.9 Å². The van der Waals surface area contributed by atoms with Crippen LogP contribution in [0.3, 0.4) is 0 Å². The number of aromatic amines is 1. The van der Waals surface area contributed by atoms with E-state index >= 15 is 0 Å². The SMILES string of the molecule is CC(C)COC(=O)C(O)CN(Cc1ccc(-c2cc(Cl)ccc2F)cc1)NC(=O)c1nn(-c2cccc(Cl)c2)c(=O)[nH]1. The van der Waals surface area contributed by atoms with Crippen LogP contribution in [0.1, 0.15) is 30.0 Å². The van der Waals surface area contributed by atoms with Gasteiger partial charge in [0.15, 0.2) is 6.10 Å². The predicted molar refractivity (Wildman–Crippen MR) is 156 cm³/mol. The first-order chi connectivity index (χ1) is 20.0. The summed E-state index contributed by atoms with van der Waals surface area (Å²) in [6.07, 6.45) is -1.59. The van der Waals surface area contributed by atoms with E-state index in [1.807, 2.05) is 13.8 Å². The first-order valence-corrected chi connectivity index (χ1v) is 13.7. The molecule has 4 aromatic rings. The normalized spacial score (nSPS) is 12.0. The number of benzene rings is 3. The van der Waals surface area contributed by atoms with Crippen molar-refractivity contribution in [1.82, 2.24) is 25.2 Å². The lowest BCUT2D eigenvalue weighted by atomic mass is 10.0. The van der Waals surface area contributed by atoms with Crippen LogP contribution in [0, 0.1) is 11.7 Å². The number of hydrogen-bond donors (Lipinski definition) is 3. The Kier molecular flexibility index (Phi) is 10.1. The van der Waals surface area contributed by atoms with Crippen LogP contribution in [0.5, 0.6) is 0 Å². The molecule has 3 N–H and O–H groups in total. The molecule has 0 saturated heterocycles. The fraction of sp³-hybridized carbons (Fsp3) is 0.241. The van der Waals surface area contributed by atoms with E-state index in [1.165, 1.54) is 29.3 Å². The molecule has 13 heteroatoms. The number of esters is 1. The zero-order chi connectivity index (χ0) is 30.4. The van der Waals surface area contributed by atoms with Crippen LogP contribution in [0.4, 0.5) is 4.39 Å². The molecule has 3 aromatic carbocycles. The quantitative estimate of drug-likeness (QED) is 0.169. The molecule has 1 atom stereocenters. The smallest absolute Gasteiger partial charge is 0.348 e. The Balaban J connectivity index is 1.54. The van der Waals surface area contributed by atoms with Gasteiger partial charge in [-0.05, 0) is 53.4 Å². The maximum absolute atomic E-state index is 14.3. The van der Waals surface area contributed by atoms with Gasteiger partial charge in [-0.25, -0.2) is 19.0 Å². The number of carbonyl (C=O) groups excluding carboxylic acids is 2. The summed E-state index contributed by atoms with van der Waals surface area (Å²) in [5, 5.41) is 16.6. The third-order valence-electron chi connectivity index (χ3n) is 5.94. The summed E-state index contributed by atoms with van der Waals surface area (Å²) in [5.74, 6) is -2.34. The van der Waals surface area contributed by atoms with Crippen molar-refractivity contribution in [3.8, 4) is 16.8 Å². The van der Waals surface area contributed by atoms with Gasteiger partial charge in [-0.2, -0.15) is 4.68 Å². The summed E-state index contributed by atoms with van der Waals surface area (Å²) < 4.78 is 20.4. The number of nitrogens with zero attached hydrogens (tertiary/aromatic N) is 3. The number of hydrazine groups is 1. The lowest BCUT2D eigenvalue weighted by Crippen LogP contribution is -2.48. The van der Waals surface area contributed by atoms with Crippen LogP contribution in [-0.2, 0) is 16.1 Å². The van der Waals surface area contributed by atoms with E-state index in [4.69, 9.17) is 27.9 Å². The maximum Gasteiger partial charge on any atom is 0.348 e. The van der Waals surface area contributed by atoms with Gasteiger partial charge in [0.1, 0.15) is 5.82 Å². The number of amides is 1. The van der Waals surface area contributed by atoms with E-state index in [-0.39, 0.29) is 31.4 Å². The van der Waals surface area contributed by atoms with Crippen molar-refractivity contribution in [1.29, 1.82) is 0 Å². The third-order valence-corrected chi connectivity index (χ3v) is 6.41. The number of aromatic nitrogens is 3. The van der Waals surface area contributed by atoms with Crippen LogP contribution in [-0.4, -0.2) is 56.0 Å². The summed E-state index contributed by atoms with van der Waals surface area (Å²) >= 11 is 12.0. The Morgan fingerprint density at radius 1 is 1.10 bits per heavy atom. The van der Waals surface area contributed by atoms with Gasteiger partial charge < -0.3 is 9.84 Å². The molecule has 0 aliphatic heterocycles. The molecule has 0 spiro atoms. The van der Waals surface area contributed by atoms with E-state index in [0.29, 0.717) is 32.4 Å². The number of halogens is 3. The van der Waals surface area contributed by atoms with E-state index in [0.717, 1.165) is 4.68 Å². The second-order valence-corrected chi connectivity index (χ2v) is 10.7. The zero-order valence-electron chi connectivity index (χ0n) is 22.7. The van der Waals surface area contributed by atoms with Crippen LogP contribution in [0.2, 0.25) is 10.0 Å². The van der Waals surface area contributed by atoms with Crippen LogP contribution >= 0.6 is 23.2 Å².